The zero-order chi connectivity index (χ0) is 19.1. The van der Waals surface area contributed by atoms with Crippen molar-refractivity contribution < 1.29 is 30.8 Å². The number of amides is 1. The highest BCUT2D eigenvalue weighted by molar-refractivity contribution is 7.93. The molecule has 1 N–H and O–H groups in total. The van der Waals surface area contributed by atoms with Crippen LogP contribution in [-0.4, -0.2) is 24.7 Å². The van der Waals surface area contributed by atoms with E-state index in [-0.39, 0.29) is 24.3 Å². The summed E-state index contributed by atoms with van der Waals surface area (Å²) in [6.45, 7) is 0.327. The Bertz CT molecular complexity index is 956. The maximum absolute atomic E-state index is 13.8. The number of nitrogens with zero attached hydrogens (tertiary/aromatic N) is 1. The number of anilines is 1. The van der Waals surface area contributed by atoms with Crippen molar-refractivity contribution >= 4 is 21.6 Å². The SMILES string of the molecule is O=C1c2c(F)cccc2CN1Cc1ccc(NS(=O)(=O)C(F)(F)F)cc1. The van der Waals surface area contributed by atoms with Crippen LogP contribution in [-0.2, 0) is 23.1 Å². The summed E-state index contributed by atoms with van der Waals surface area (Å²) in [6, 6.07) is 9.45. The second-order valence-electron chi connectivity index (χ2n) is 5.68. The van der Waals surface area contributed by atoms with E-state index in [0.29, 0.717) is 11.1 Å². The van der Waals surface area contributed by atoms with Crippen molar-refractivity contribution in [3.63, 3.8) is 0 Å². The van der Waals surface area contributed by atoms with E-state index < -0.39 is 27.3 Å². The molecule has 0 spiro atoms. The summed E-state index contributed by atoms with van der Waals surface area (Å²) in [7, 11) is -5.49. The standard InChI is InChI=1S/C16H12F4N2O3S/c17-13-3-1-2-11-9-22(15(23)14(11)13)8-10-4-6-12(7-5-10)21-26(24,25)16(18,19)20/h1-7,21H,8-9H2. The Morgan fingerprint density at radius 2 is 1.73 bits per heavy atom. The van der Waals surface area contributed by atoms with Crippen molar-refractivity contribution in [2.75, 3.05) is 4.72 Å². The minimum absolute atomic E-state index is 0.0158. The van der Waals surface area contributed by atoms with Crippen LogP contribution in [0.1, 0.15) is 21.5 Å². The molecule has 0 bridgehead atoms. The zero-order valence-electron chi connectivity index (χ0n) is 13.0. The lowest BCUT2D eigenvalue weighted by atomic mass is 10.1. The van der Waals surface area contributed by atoms with Gasteiger partial charge in [0.05, 0.1) is 5.56 Å². The molecule has 0 fully saturated rings. The van der Waals surface area contributed by atoms with Crippen LogP contribution in [0.4, 0.5) is 23.2 Å². The number of carbonyl (C=O) groups excluding carboxylic acids is 1. The number of nitrogens with one attached hydrogen (secondary N) is 1. The number of hydrogen-bond acceptors (Lipinski definition) is 3. The first-order valence-corrected chi connectivity index (χ1v) is 8.81. The fraction of sp³-hybridized carbons (Fsp3) is 0.188. The molecule has 3 rings (SSSR count). The lowest BCUT2D eigenvalue weighted by Gasteiger charge is -2.16. The van der Waals surface area contributed by atoms with Crippen LogP contribution in [0.15, 0.2) is 42.5 Å². The summed E-state index contributed by atoms with van der Waals surface area (Å²) in [5.74, 6) is -1.08. The van der Waals surface area contributed by atoms with Gasteiger partial charge in [-0.25, -0.2) is 4.39 Å². The van der Waals surface area contributed by atoms with Crippen LogP contribution >= 0.6 is 0 Å². The predicted octanol–water partition coefficient (Wildman–Crippen LogP) is 3.24. The summed E-state index contributed by atoms with van der Waals surface area (Å²) in [4.78, 5) is 13.6. The third-order valence-corrected chi connectivity index (χ3v) is 4.96. The molecule has 0 aromatic heterocycles. The highest BCUT2D eigenvalue weighted by atomic mass is 32.2. The summed E-state index contributed by atoms with van der Waals surface area (Å²) in [6.07, 6.45) is 0. The van der Waals surface area contributed by atoms with E-state index in [1.54, 1.807) is 6.07 Å². The van der Waals surface area contributed by atoms with Gasteiger partial charge in [0.15, 0.2) is 0 Å². The molecule has 1 aliphatic heterocycles. The number of benzene rings is 2. The molecule has 10 heteroatoms. The van der Waals surface area contributed by atoms with Crippen molar-refractivity contribution in [3.8, 4) is 0 Å². The van der Waals surface area contributed by atoms with E-state index in [9.17, 15) is 30.8 Å². The number of hydrogen-bond donors (Lipinski definition) is 1. The largest absolute Gasteiger partial charge is 0.516 e. The van der Waals surface area contributed by atoms with Crippen LogP contribution in [0.25, 0.3) is 0 Å². The molecule has 2 aromatic carbocycles. The van der Waals surface area contributed by atoms with Gasteiger partial charge >= 0.3 is 15.5 Å². The van der Waals surface area contributed by atoms with E-state index in [1.807, 2.05) is 0 Å². The van der Waals surface area contributed by atoms with Crippen molar-refractivity contribution in [1.82, 2.24) is 4.90 Å². The summed E-state index contributed by atoms with van der Waals surface area (Å²) in [5.41, 5.74) is -4.54. The number of rotatable bonds is 4. The molecule has 0 atom stereocenters. The molecule has 0 saturated carbocycles. The topological polar surface area (TPSA) is 66.5 Å². The molecule has 0 aliphatic carbocycles. The van der Waals surface area contributed by atoms with Crippen molar-refractivity contribution in [2.45, 2.75) is 18.6 Å². The Morgan fingerprint density at radius 1 is 1.08 bits per heavy atom. The smallest absolute Gasteiger partial charge is 0.330 e. The van der Waals surface area contributed by atoms with Gasteiger partial charge in [-0.05, 0) is 29.3 Å². The third kappa shape index (κ3) is 3.36. The number of alkyl halides is 3. The van der Waals surface area contributed by atoms with Gasteiger partial charge in [0.2, 0.25) is 0 Å². The molecule has 0 radical (unpaired) electrons. The number of sulfonamides is 1. The third-order valence-electron chi connectivity index (χ3n) is 3.85. The fourth-order valence-electron chi connectivity index (χ4n) is 2.61. The summed E-state index contributed by atoms with van der Waals surface area (Å²) < 4.78 is 74.4. The molecule has 1 heterocycles. The summed E-state index contributed by atoms with van der Waals surface area (Å²) in [5, 5.41) is 0. The lowest BCUT2D eigenvalue weighted by Crippen LogP contribution is -2.29. The molecule has 2 aromatic rings. The van der Waals surface area contributed by atoms with Crippen LogP contribution in [0, 0.1) is 5.82 Å². The molecule has 1 aliphatic rings. The minimum atomic E-state index is -5.49. The maximum atomic E-state index is 13.8. The Hall–Kier alpha value is -2.62. The van der Waals surface area contributed by atoms with E-state index in [1.165, 1.54) is 33.9 Å². The van der Waals surface area contributed by atoms with E-state index >= 15 is 0 Å². The number of carbonyl (C=O) groups is 1. The second-order valence-corrected chi connectivity index (χ2v) is 7.36. The Labute approximate surface area is 146 Å². The summed E-state index contributed by atoms with van der Waals surface area (Å²) >= 11 is 0. The minimum Gasteiger partial charge on any atom is -0.330 e. The first kappa shape index (κ1) is 18.2. The highest BCUT2D eigenvalue weighted by Crippen LogP contribution is 2.28. The van der Waals surface area contributed by atoms with Gasteiger partial charge in [0.25, 0.3) is 5.91 Å². The predicted molar refractivity (Wildman–Crippen MR) is 85.0 cm³/mol. The highest BCUT2D eigenvalue weighted by Gasteiger charge is 2.46. The molecule has 0 saturated heterocycles. The second kappa shape index (κ2) is 6.27. The average Bonchev–Trinajstić information content (AvgIpc) is 2.85. The van der Waals surface area contributed by atoms with Crippen LogP contribution in [0.3, 0.4) is 0 Å². The van der Waals surface area contributed by atoms with Gasteiger partial charge in [0, 0.05) is 18.8 Å². The Balaban J connectivity index is 1.72. The fourth-order valence-corrected chi connectivity index (χ4v) is 3.18. The van der Waals surface area contributed by atoms with Crippen molar-refractivity contribution in [3.05, 3.63) is 65.0 Å². The van der Waals surface area contributed by atoms with Crippen molar-refractivity contribution in [1.29, 1.82) is 0 Å². The van der Waals surface area contributed by atoms with Gasteiger partial charge in [-0.3, -0.25) is 9.52 Å². The van der Waals surface area contributed by atoms with Gasteiger partial charge in [0.1, 0.15) is 5.82 Å². The lowest BCUT2D eigenvalue weighted by molar-refractivity contribution is -0.0429. The first-order valence-electron chi connectivity index (χ1n) is 7.33. The average molecular weight is 388 g/mol. The van der Waals surface area contributed by atoms with E-state index in [2.05, 4.69) is 0 Å². The van der Waals surface area contributed by atoms with Gasteiger partial charge in [-0.2, -0.15) is 21.6 Å². The zero-order valence-corrected chi connectivity index (χ0v) is 13.9. The van der Waals surface area contributed by atoms with Crippen molar-refractivity contribution in [2.24, 2.45) is 0 Å². The Kier molecular flexibility index (Phi) is 4.39. The molecular formula is C16H12F4N2O3S. The van der Waals surface area contributed by atoms with Crippen LogP contribution < -0.4 is 4.72 Å². The maximum Gasteiger partial charge on any atom is 0.516 e. The quantitative estimate of drug-likeness (QED) is 0.818. The molecular weight excluding hydrogens is 376 g/mol. The van der Waals surface area contributed by atoms with Gasteiger partial charge in [-0.1, -0.05) is 24.3 Å². The number of halogens is 4. The van der Waals surface area contributed by atoms with Gasteiger partial charge < -0.3 is 4.90 Å². The van der Waals surface area contributed by atoms with Crippen LogP contribution in [0.2, 0.25) is 0 Å². The molecule has 26 heavy (non-hydrogen) atoms. The molecule has 1 amide bonds. The monoisotopic (exact) mass is 388 g/mol. The first-order chi connectivity index (χ1) is 12.1. The van der Waals surface area contributed by atoms with Gasteiger partial charge in [-0.15, -0.1) is 0 Å². The number of fused-ring (bicyclic) bond motifs is 1. The normalized spacial score (nSPS) is 14.5. The van der Waals surface area contributed by atoms with E-state index in [4.69, 9.17) is 0 Å². The molecule has 0 unspecified atom stereocenters. The van der Waals surface area contributed by atoms with Crippen LogP contribution in [0.5, 0.6) is 0 Å². The molecule has 5 nitrogen and oxygen atoms in total. The Morgan fingerprint density at radius 3 is 2.31 bits per heavy atom. The molecule has 138 valence electrons. The van der Waals surface area contributed by atoms with E-state index in [0.717, 1.165) is 12.1 Å².